The number of halogens is 1. The molecule has 4 rings (SSSR count). The number of carbonyl (C=O) groups excluding carboxylic acids is 1. The van der Waals surface area contributed by atoms with Gasteiger partial charge in [-0.15, -0.1) is 0 Å². The number of fused-ring (bicyclic) bond motifs is 1. The predicted octanol–water partition coefficient (Wildman–Crippen LogP) is 3.30. The molecule has 0 saturated heterocycles. The van der Waals surface area contributed by atoms with E-state index >= 15 is 0 Å². The van der Waals surface area contributed by atoms with Crippen molar-refractivity contribution in [2.45, 2.75) is 6.92 Å². The SMILES string of the molecule is Cc1cc(C(=O)Nc2ccc3c(c2)OCO3)nn1-c1ccc(F)cc1. The highest BCUT2D eigenvalue weighted by molar-refractivity contribution is 6.03. The Hall–Kier alpha value is -3.35. The van der Waals surface area contributed by atoms with E-state index in [0.29, 0.717) is 22.9 Å². The van der Waals surface area contributed by atoms with Gasteiger partial charge in [0.15, 0.2) is 17.2 Å². The Kier molecular flexibility index (Phi) is 3.61. The van der Waals surface area contributed by atoms with Gasteiger partial charge in [-0.25, -0.2) is 9.07 Å². The molecular weight excluding hydrogens is 325 g/mol. The molecule has 0 unspecified atom stereocenters. The molecule has 25 heavy (non-hydrogen) atoms. The molecule has 1 amide bonds. The fourth-order valence-corrected chi connectivity index (χ4v) is 2.60. The molecule has 2 aromatic carbocycles. The van der Waals surface area contributed by atoms with Gasteiger partial charge in [-0.3, -0.25) is 4.79 Å². The maximum atomic E-state index is 13.1. The van der Waals surface area contributed by atoms with Gasteiger partial charge in [-0.2, -0.15) is 5.10 Å². The third-order valence-electron chi connectivity index (χ3n) is 3.82. The van der Waals surface area contributed by atoms with Crippen LogP contribution in [-0.2, 0) is 0 Å². The highest BCUT2D eigenvalue weighted by Gasteiger charge is 2.17. The van der Waals surface area contributed by atoms with Crippen LogP contribution < -0.4 is 14.8 Å². The fourth-order valence-electron chi connectivity index (χ4n) is 2.60. The molecule has 0 bridgehead atoms. The van der Waals surface area contributed by atoms with E-state index < -0.39 is 0 Å². The lowest BCUT2D eigenvalue weighted by molar-refractivity contribution is 0.102. The van der Waals surface area contributed by atoms with Gasteiger partial charge < -0.3 is 14.8 Å². The van der Waals surface area contributed by atoms with Crippen molar-refractivity contribution in [3.8, 4) is 17.2 Å². The Bertz CT molecular complexity index is 951. The van der Waals surface area contributed by atoms with E-state index in [9.17, 15) is 9.18 Å². The maximum absolute atomic E-state index is 13.1. The van der Waals surface area contributed by atoms with E-state index in [1.54, 1.807) is 41.1 Å². The number of hydrogen-bond donors (Lipinski definition) is 1. The standard InChI is InChI=1S/C18H14FN3O3/c1-11-8-15(21-22(11)14-5-2-12(19)3-6-14)18(23)20-13-4-7-16-17(9-13)25-10-24-16/h2-9H,10H2,1H3,(H,20,23). The minimum Gasteiger partial charge on any atom is -0.454 e. The molecule has 0 fully saturated rings. The number of aryl methyl sites for hydroxylation is 1. The van der Waals surface area contributed by atoms with Crippen LogP contribution in [0.25, 0.3) is 5.69 Å². The Morgan fingerprint density at radius 3 is 2.68 bits per heavy atom. The van der Waals surface area contributed by atoms with Gasteiger partial charge in [0.2, 0.25) is 6.79 Å². The molecule has 0 radical (unpaired) electrons. The number of aromatic nitrogens is 2. The van der Waals surface area contributed by atoms with Gasteiger partial charge in [-0.05, 0) is 49.4 Å². The smallest absolute Gasteiger partial charge is 0.276 e. The molecule has 1 aliphatic heterocycles. The Morgan fingerprint density at radius 1 is 1.12 bits per heavy atom. The van der Waals surface area contributed by atoms with Gasteiger partial charge in [0.1, 0.15) is 5.82 Å². The number of carbonyl (C=O) groups is 1. The number of amides is 1. The average molecular weight is 339 g/mol. The molecule has 0 spiro atoms. The van der Waals surface area contributed by atoms with E-state index in [2.05, 4.69) is 10.4 Å². The number of ether oxygens (including phenoxy) is 2. The molecule has 0 aliphatic carbocycles. The average Bonchev–Trinajstić information content (AvgIpc) is 3.22. The summed E-state index contributed by atoms with van der Waals surface area (Å²) in [6.45, 7) is 2.00. The largest absolute Gasteiger partial charge is 0.454 e. The number of nitrogens with one attached hydrogen (secondary N) is 1. The minimum absolute atomic E-state index is 0.175. The molecule has 126 valence electrons. The van der Waals surface area contributed by atoms with Crippen molar-refractivity contribution >= 4 is 11.6 Å². The van der Waals surface area contributed by atoms with Gasteiger partial charge >= 0.3 is 0 Å². The number of rotatable bonds is 3. The third-order valence-corrected chi connectivity index (χ3v) is 3.82. The maximum Gasteiger partial charge on any atom is 0.276 e. The summed E-state index contributed by atoms with van der Waals surface area (Å²) in [7, 11) is 0. The van der Waals surface area contributed by atoms with Crippen LogP contribution in [0.5, 0.6) is 11.5 Å². The molecular formula is C18H14FN3O3. The summed E-state index contributed by atoms with van der Waals surface area (Å²) in [4.78, 5) is 12.4. The second kappa shape index (κ2) is 5.94. The summed E-state index contributed by atoms with van der Waals surface area (Å²) < 4.78 is 25.2. The lowest BCUT2D eigenvalue weighted by atomic mass is 10.2. The topological polar surface area (TPSA) is 65.4 Å². The molecule has 3 aromatic rings. The van der Waals surface area contributed by atoms with Crippen molar-refractivity contribution < 1.29 is 18.7 Å². The second-order valence-electron chi connectivity index (χ2n) is 5.58. The highest BCUT2D eigenvalue weighted by Crippen LogP contribution is 2.34. The summed E-state index contributed by atoms with van der Waals surface area (Å²) in [5.74, 6) is 0.567. The molecule has 2 heterocycles. The van der Waals surface area contributed by atoms with Crippen LogP contribution in [-0.4, -0.2) is 22.5 Å². The summed E-state index contributed by atoms with van der Waals surface area (Å²) in [5.41, 5.74) is 2.30. The van der Waals surface area contributed by atoms with Crippen LogP contribution in [0.4, 0.5) is 10.1 Å². The third kappa shape index (κ3) is 2.91. The Labute approximate surface area is 142 Å². The van der Waals surface area contributed by atoms with Crippen LogP contribution in [0.3, 0.4) is 0 Å². The number of hydrogen-bond acceptors (Lipinski definition) is 4. The van der Waals surface area contributed by atoms with E-state index in [1.807, 2.05) is 6.92 Å². The Balaban J connectivity index is 1.56. The molecule has 6 nitrogen and oxygen atoms in total. The lowest BCUT2D eigenvalue weighted by Gasteiger charge is -2.05. The van der Waals surface area contributed by atoms with Gasteiger partial charge in [0, 0.05) is 17.4 Å². The van der Waals surface area contributed by atoms with Crippen LogP contribution in [0.1, 0.15) is 16.2 Å². The number of anilines is 1. The first-order valence-electron chi connectivity index (χ1n) is 7.64. The monoisotopic (exact) mass is 339 g/mol. The molecule has 0 atom stereocenters. The van der Waals surface area contributed by atoms with Crippen LogP contribution >= 0.6 is 0 Å². The Morgan fingerprint density at radius 2 is 1.88 bits per heavy atom. The van der Waals surface area contributed by atoms with Crippen LogP contribution in [0, 0.1) is 12.7 Å². The van der Waals surface area contributed by atoms with E-state index in [-0.39, 0.29) is 24.2 Å². The van der Waals surface area contributed by atoms with Gasteiger partial charge in [-0.1, -0.05) is 0 Å². The van der Waals surface area contributed by atoms with Crippen LogP contribution in [0.15, 0.2) is 48.5 Å². The summed E-state index contributed by atoms with van der Waals surface area (Å²) in [5, 5.41) is 7.08. The first-order chi connectivity index (χ1) is 12.1. The van der Waals surface area contributed by atoms with Crippen LogP contribution in [0.2, 0.25) is 0 Å². The van der Waals surface area contributed by atoms with Crippen molar-refractivity contribution in [3.05, 3.63) is 65.7 Å². The van der Waals surface area contributed by atoms with Gasteiger partial charge in [0.05, 0.1) is 5.69 Å². The highest BCUT2D eigenvalue weighted by atomic mass is 19.1. The molecule has 1 aromatic heterocycles. The van der Waals surface area contributed by atoms with Crippen molar-refractivity contribution in [1.29, 1.82) is 0 Å². The van der Waals surface area contributed by atoms with E-state index in [4.69, 9.17) is 9.47 Å². The molecule has 1 N–H and O–H groups in total. The first-order valence-corrected chi connectivity index (χ1v) is 7.64. The van der Waals surface area contributed by atoms with Crippen molar-refractivity contribution in [3.63, 3.8) is 0 Å². The van der Waals surface area contributed by atoms with Crippen molar-refractivity contribution in [2.75, 3.05) is 12.1 Å². The summed E-state index contributed by atoms with van der Waals surface area (Å²) in [6.07, 6.45) is 0. The number of benzene rings is 2. The zero-order valence-corrected chi connectivity index (χ0v) is 13.3. The summed E-state index contributed by atoms with van der Waals surface area (Å²) in [6, 6.07) is 12.8. The molecule has 1 aliphatic rings. The van der Waals surface area contributed by atoms with Crippen molar-refractivity contribution in [1.82, 2.24) is 9.78 Å². The van der Waals surface area contributed by atoms with E-state index in [0.717, 1.165) is 5.69 Å². The zero-order valence-electron chi connectivity index (χ0n) is 13.3. The van der Waals surface area contributed by atoms with Gasteiger partial charge in [0.25, 0.3) is 5.91 Å². The fraction of sp³-hybridized carbons (Fsp3) is 0.111. The predicted molar refractivity (Wildman–Crippen MR) is 88.8 cm³/mol. The minimum atomic E-state index is -0.345. The first kappa shape index (κ1) is 15.2. The second-order valence-corrected chi connectivity index (χ2v) is 5.58. The normalized spacial score (nSPS) is 12.2. The van der Waals surface area contributed by atoms with E-state index in [1.165, 1.54) is 12.1 Å². The zero-order chi connectivity index (χ0) is 17.4. The summed E-state index contributed by atoms with van der Waals surface area (Å²) >= 11 is 0. The quantitative estimate of drug-likeness (QED) is 0.795. The molecule has 7 heteroatoms. The lowest BCUT2D eigenvalue weighted by Crippen LogP contribution is -2.13. The number of nitrogens with zero attached hydrogens (tertiary/aromatic N) is 2. The molecule has 0 saturated carbocycles. The van der Waals surface area contributed by atoms with Crippen molar-refractivity contribution in [2.24, 2.45) is 0 Å².